The number of aromatic nitrogens is 3. The average Bonchev–Trinajstić information content (AvgIpc) is 3.49. The lowest BCUT2D eigenvalue weighted by Gasteiger charge is -2.43. The van der Waals surface area contributed by atoms with Gasteiger partial charge in [0, 0.05) is 36.2 Å². The number of hydrogen-bond acceptors (Lipinski definition) is 6. The number of carbonyl (C=O) groups excluding carboxylic acids is 2. The van der Waals surface area contributed by atoms with E-state index in [-0.39, 0.29) is 39.7 Å². The number of nitrogens with zero attached hydrogens (tertiary/aromatic N) is 4. The number of Topliss-reactive ketones (excluding diaryl/α,β-unsaturated/α-hetero) is 1. The summed E-state index contributed by atoms with van der Waals surface area (Å²) in [5.74, 6) is -0.994. The quantitative estimate of drug-likeness (QED) is 0.606. The van der Waals surface area contributed by atoms with E-state index in [0.29, 0.717) is 43.6 Å². The van der Waals surface area contributed by atoms with E-state index >= 15 is 0 Å². The molecule has 0 atom stereocenters. The molecule has 1 fully saturated rings. The Bertz CT molecular complexity index is 1310. The number of oxazole rings is 1. The zero-order valence-corrected chi connectivity index (χ0v) is 20.1. The molecule has 1 aliphatic heterocycles. The number of rotatable bonds is 3. The summed E-state index contributed by atoms with van der Waals surface area (Å²) < 4.78 is 7.13. The molecule has 5 rings (SSSR count). The van der Waals surface area contributed by atoms with Crippen LogP contribution >= 0.6 is 0 Å². The number of aromatic carboxylic acids is 1. The Morgan fingerprint density at radius 3 is 2.43 bits per heavy atom. The SMILES string of the molecule is CC(C)(C)n1ncc2c1C(=O)CC1(CCN(C(=O)c3cc(C(=O)O)cc(-c4ncco4)c3)CC1)C2. The third kappa shape index (κ3) is 4.15. The lowest BCUT2D eigenvalue weighted by atomic mass is 9.67. The highest BCUT2D eigenvalue weighted by atomic mass is 16.4. The van der Waals surface area contributed by atoms with Crippen molar-refractivity contribution >= 4 is 17.7 Å². The van der Waals surface area contributed by atoms with Gasteiger partial charge in [0.05, 0.1) is 23.5 Å². The van der Waals surface area contributed by atoms with Gasteiger partial charge >= 0.3 is 5.97 Å². The van der Waals surface area contributed by atoms with Crippen LogP contribution < -0.4 is 0 Å². The van der Waals surface area contributed by atoms with E-state index in [4.69, 9.17) is 4.42 Å². The van der Waals surface area contributed by atoms with Crippen LogP contribution in [0.3, 0.4) is 0 Å². The van der Waals surface area contributed by atoms with Crippen LogP contribution in [-0.4, -0.2) is 55.5 Å². The zero-order valence-electron chi connectivity index (χ0n) is 20.1. The van der Waals surface area contributed by atoms with Crippen molar-refractivity contribution in [2.24, 2.45) is 5.41 Å². The summed E-state index contributed by atoms with van der Waals surface area (Å²) in [7, 11) is 0. The second kappa shape index (κ2) is 8.18. The van der Waals surface area contributed by atoms with Crippen LogP contribution in [0.25, 0.3) is 11.5 Å². The summed E-state index contributed by atoms with van der Waals surface area (Å²) >= 11 is 0. The standard InChI is InChI=1S/C26H28N4O5/c1-25(2,3)30-21-19(15-28-30)13-26(14-20(21)31)4-7-29(8-5-26)23(32)17-10-16(22-27-6-9-35-22)11-18(12-17)24(33)34/h6,9-12,15H,4-5,7-8,13-14H2,1-3H3,(H,33,34). The topological polar surface area (TPSA) is 119 Å². The monoisotopic (exact) mass is 476 g/mol. The van der Waals surface area contributed by atoms with Gasteiger partial charge in [0.2, 0.25) is 5.89 Å². The van der Waals surface area contributed by atoms with Crippen LogP contribution in [0.5, 0.6) is 0 Å². The molecule has 0 bridgehead atoms. The lowest BCUT2D eigenvalue weighted by molar-refractivity contribution is 0.0515. The van der Waals surface area contributed by atoms with Gasteiger partial charge in [-0.05, 0) is 63.6 Å². The fraction of sp³-hybridized carbons (Fsp3) is 0.423. The Morgan fingerprint density at radius 2 is 1.80 bits per heavy atom. The van der Waals surface area contributed by atoms with Crippen molar-refractivity contribution in [1.29, 1.82) is 0 Å². The Balaban J connectivity index is 1.35. The molecule has 3 aromatic rings. The summed E-state index contributed by atoms with van der Waals surface area (Å²) in [6.07, 6.45) is 7.32. The summed E-state index contributed by atoms with van der Waals surface area (Å²) in [6.45, 7) is 7.11. The maximum atomic E-state index is 13.3. The molecule has 1 spiro atoms. The van der Waals surface area contributed by atoms with Crippen LogP contribution in [0, 0.1) is 5.41 Å². The minimum Gasteiger partial charge on any atom is -0.478 e. The highest BCUT2D eigenvalue weighted by Crippen LogP contribution is 2.44. The number of carbonyl (C=O) groups is 3. The third-order valence-corrected chi connectivity index (χ3v) is 7.06. The number of piperidine rings is 1. The fourth-order valence-electron chi connectivity index (χ4n) is 5.29. The molecule has 182 valence electrons. The first-order valence-electron chi connectivity index (χ1n) is 11.7. The second-order valence-corrected chi connectivity index (χ2v) is 10.6. The number of benzene rings is 1. The maximum Gasteiger partial charge on any atom is 0.335 e. The van der Waals surface area contributed by atoms with Gasteiger partial charge in [0.25, 0.3) is 5.91 Å². The molecule has 1 amide bonds. The summed E-state index contributed by atoms with van der Waals surface area (Å²) in [6, 6.07) is 4.44. The molecule has 3 heterocycles. The Morgan fingerprint density at radius 1 is 1.09 bits per heavy atom. The third-order valence-electron chi connectivity index (χ3n) is 7.06. The van der Waals surface area contributed by atoms with Crippen LogP contribution in [-0.2, 0) is 12.0 Å². The Hall–Kier alpha value is -3.75. The number of carboxylic acid groups (broad SMARTS) is 1. The lowest BCUT2D eigenvalue weighted by Crippen LogP contribution is -2.46. The van der Waals surface area contributed by atoms with Crippen molar-refractivity contribution in [3.63, 3.8) is 0 Å². The first kappa shape index (κ1) is 23.0. The van der Waals surface area contributed by atoms with Crippen molar-refractivity contribution in [3.05, 3.63) is 59.2 Å². The molecule has 0 saturated carbocycles. The number of likely N-dealkylation sites (tertiary alicyclic amines) is 1. The zero-order chi connectivity index (χ0) is 25.0. The second-order valence-electron chi connectivity index (χ2n) is 10.6. The van der Waals surface area contributed by atoms with Crippen LogP contribution in [0.2, 0.25) is 0 Å². The maximum absolute atomic E-state index is 13.3. The van der Waals surface area contributed by atoms with Crippen molar-refractivity contribution in [3.8, 4) is 11.5 Å². The molecule has 1 aromatic carbocycles. The minimum absolute atomic E-state index is 0.00111. The molecule has 9 nitrogen and oxygen atoms in total. The average molecular weight is 477 g/mol. The smallest absolute Gasteiger partial charge is 0.335 e. The summed E-state index contributed by atoms with van der Waals surface area (Å²) in [5, 5.41) is 14.0. The molecule has 9 heteroatoms. The molecule has 1 saturated heterocycles. The fourth-order valence-corrected chi connectivity index (χ4v) is 5.29. The largest absolute Gasteiger partial charge is 0.478 e. The number of hydrogen-bond donors (Lipinski definition) is 1. The van der Waals surface area contributed by atoms with Gasteiger partial charge in [0.15, 0.2) is 5.78 Å². The Labute approximate surface area is 202 Å². The number of ketones is 1. The molecule has 1 aliphatic carbocycles. The molecule has 1 N–H and O–H groups in total. The van der Waals surface area contributed by atoms with Crippen molar-refractivity contribution in [2.75, 3.05) is 13.1 Å². The predicted octanol–water partition coefficient (Wildman–Crippen LogP) is 4.04. The van der Waals surface area contributed by atoms with Crippen LogP contribution in [0.1, 0.15) is 76.8 Å². The van der Waals surface area contributed by atoms with Crippen molar-refractivity contribution in [1.82, 2.24) is 19.7 Å². The first-order chi connectivity index (χ1) is 16.6. The van der Waals surface area contributed by atoms with E-state index < -0.39 is 5.97 Å². The summed E-state index contributed by atoms with van der Waals surface area (Å²) in [5.41, 5.74) is 1.97. The van der Waals surface area contributed by atoms with E-state index in [0.717, 1.165) is 12.0 Å². The first-order valence-corrected chi connectivity index (χ1v) is 11.7. The van der Waals surface area contributed by atoms with Gasteiger partial charge < -0.3 is 14.4 Å². The van der Waals surface area contributed by atoms with E-state index in [1.807, 2.05) is 31.6 Å². The molecular formula is C26H28N4O5. The predicted molar refractivity (Wildman–Crippen MR) is 126 cm³/mol. The minimum atomic E-state index is -1.13. The highest BCUT2D eigenvalue weighted by molar-refractivity contribution is 5.99. The molecule has 35 heavy (non-hydrogen) atoms. The molecular weight excluding hydrogens is 448 g/mol. The molecule has 2 aliphatic rings. The van der Waals surface area contributed by atoms with E-state index in [2.05, 4.69) is 10.1 Å². The number of carboxylic acids is 1. The highest BCUT2D eigenvalue weighted by Gasteiger charge is 2.44. The van der Waals surface area contributed by atoms with Gasteiger partial charge in [-0.3, -0.25) is 14.3 Å². The van der Waals surface area contributed by atoms with Gasteiger partial charge in [0.1, 0.15) is 12.0 Å². The van der Waals surface area contributed by atoms with Crippen molar-refractivity contribution in [2.45, 2.75) is 52.0 Å². The number of fused-ring (bicyclic) bond motifs is 1. The van der Waals surface area contributed by atoms with Gasteiger partial charge in [-0.15, -0.1) is 0 Å². The van der Waals surface area contributed by atoms with Crippen molar-refractivity contribution < 1.29 is 23.9 Å². The molecule has 2 aromatic heterocycles. The Kier molecular flexibility index (Phi) is 5.38. The summed E-state index contributed by atoms with van der Waals surface area (Å²) in [4.78, 5) is 44.0. The molecule has 0 unspecified atom stereocenters. The van der Waals surface area contributed by atoms with Gasteiger partial charge in [-0.2, -0.15) is 5.10 Å². The van der Waals surface area contributed by atoms with E-state index in [1.54, 1.807) is 11.0 Å². The van der Waals surface area contributed by atoms with Gasteiger partial charge in [-0.25, -0.2) is 9.78 Å². The van der Waals surface area contributed by atoms with Crippen LogP contribution in [0.15, 0.2) is 41.3 Å². The van der Waals surface area contributed by atoms with Gasteiger partial charge in [-0.1, -0.05) is 0 Å². The van der Waals surface area contributed by atoms with E-state index in [1.165, 1.54) is 24.6 Å². The molecule has 0 radical (unpaired) electrons. The number of amides is 1. The van der Waals surface area contributed by atoms with Crippen LogP contribution in [0.4, 0.5) is 0 Å². The van der Waals surface area contributed by atoms with E-state index in [9.17, 15) is 19.5 Å². The normalized spacial score (nSPS) is 17.5.